The summed E-state index contributed by atoms with van der Waals surface area (Å²) < 4.78 is 25.7. The first kappa shape index (κ1) is 19.3. The van der Waals surface area contributed by atoms with Crippen LogP contribution in [0.4, 0.5) is 14.9 Å². The van der Waals surface area contributed by atoms with E-state index in [2.05, 4.69) is 10.6 Å². The number of halogens is 1. The van der Waals surface area contributed by atoms with Crippen LogP contribution in [0.2, 0.25) is 0 Å². The summed E-state index contributed by atoms with van der Waals surface area (Å²) in [6.07, 6.45) is 1.90. The van der Waals surface area contributed by atoms with Gasteiger partial charge in [-0.1, -0.05) is 12.1 Å². The third-order valence-corrected chi connectivity index (χ3v) is 4.20. The van der Waals surface area contributed by atoms with Crippen LogP contribution in [0.25, 0.3) is 0 Å². The average molecular weight is 383 g/mol. The first-order valence-corrected chi connectivity index (χ1v) is 8.74. The van der Waals surface area contributed by atoms with Crippen molar-refractivity contribution in [2.45, 2.75) is 13.1 Å². The maximum absolute atomic E-state index is 13.4. The molecule has 0 fully saturated rings. The molecule has 2 aromatic carbocycles. The Kier molecular flexibility index (Phi) is 6.16. The van der Waals surface area contributed by atoms with Crippen molar-refractivity contribution in [3.63, 3.8) is 0 Å². The van der Waals surface area contributed by atoms with E-state index < -0.39 is 0 Å². The Bertz CT molecular complexity index is 933. The monoisotopic (exact) mass is 383 g/mol. The van der Waals surface area contributed by atoms with Crippen molar-refractivity contribution in [2.24, 2.45) is 0 Å². The van der Waals surface area contributed by atoms with Crippen molar-refractivity contribution in [3.8, 4) is 11.5 Å². The number of urea groups is 1. The summed E-state index contributed by atoms with van der Waals surface area (Å²) in [5.74, 6) is 0.898. The number of nitrogens with one attached hydrogen (secondary N) is 2. The van der Waals surface area contributed by atoms with E-state index in [9.17, 15) is 9.18 Å². The van der Waals surface area contributed by atoms with Gasteiger partial charge in [-0.2, -0.15) is 0 Å². The SMILES string of the molecule is COc1cc(NC(=O)NCc2cccn2Cc2cccc(F)c2)cc(OC)c1. The van der Waals surface area contributed by atoms with E-state index in [0.29, 0.717) is 30.3 Å². The minimum atomic E-state index is -0.353. The number of anilines is 1. The number of hydrogen-bond acceptors (Lipinski definition) is 3. The van der Waals surface area contributed by atoms with Crippen molar-refractivity contribution in [1.29, 1.82) is 0 Å². The molecule has 6 nitrogen and oxygen atoms in total. The number of methoxy groups -OCH3 is 2. The maximum Gasteiger partial charge on any atom is 0.319 e. The predicted molar refractivity (Wildman–Crippen MR) is 105 cm³/mol. The van der Waals surface area contributed by atoms with Gasteiger partial charge in [0.05, 0.1) is 20.8 Å². The third-order valence-electron chi connectivity index (χ3n) is 4.20. The Hall–Kier alpha value is -3.48. The molecular weight excluding hydrogens is 361 g/mol. The van der Waals surface area contributed by atoms with E-state index in [1.165, 1.54) is 12.1 Å². The molecule has 0 aliphatic carbocycles. The van der Waals surface area contributed by atoms with Crippen LogP contribution in [0.3, 0.4) is 0 Å². The second-order valence-electron chi connectivity index (χ2n) is 6.17. The molecule has 0 aliphatic rings. The van der Waals surface area contributed by atoms with Crippen LogP contribution in [0.1, 0.15) is 11.3 Å². The van der Waals surface area contributed by atoms with Crippen molar-refractivity contribution in [3.05, 3.63) is 77.9 Å². The summed E-state index contributed by atoms with van der Waals surface area (Å²) in [6.45, 7) is 0.853. The number of hydrogen-bond donors (Lipinski definition) is 2. The van der Waals surface area contributed by atoms with Crippen molar-refractivity contribution in [1.82, 2.24) is 9.88 Å². The zero-order valence-corrected chi connectivity index (χ0v) is 15.7. The molecule has 146 valence electrons. The molecule has 0 saturated carbocycles. The Morgan fingerprint density at radius 1 is 1.04 bits per heavy atom. The van der Waals surface area contributed by atoms with E-state index >= 15 is 0 Å². The van der Waals surface area contributed by atoms with E-state index in [4.69, 9.17) is 9.47 Å². The van der Waals surface area contributed by atoms with Gasteiger partial charge in [-0.15, -0.1) is 0 Å². The number of nitrogens with zero attached hydrogens (tertiary/aromatic N) is 1. The van der Waals surface area contributed by atoms with Crippen LogP contribution in [0.5, 0.6) is 11.5 Å². The first-order chi connectivity index (χ1) is 13.6. The Labute approximate surface area is 162 Å². The molecule has 28 heavy (non-hydrogen) atoms. The lowest BCUT2D eigenvalue weighted by Gasteiger charge is -2.12. The third kappa shape index (κ3) is 5.03. The van der Waals surface area contributed by atoms with Gasteiger partial charge in [-0.25, -0.2) is 9.18 Å². The van der Waals surface area contributed by atoms with Gasteiger partial charge in [-0.05, 0) is 29.8 Å². The van der Waals surface area contributed by atoms with E-state index in [0.717, 1.165) is 11.3 Å². The highest BCUT2D eigenvalue weighted by Crippen LogP contribution is 2.25. The topological polar surface area (TPSA) is 64.5 Å². The highest BCUT2D eigenvalue weighted by molar-refractivity contribution is 5.89. The highest BCUT2D eigenvalue weighted by atomic mass is 19.1. The molecule has 3 rings (SSSR count). The number of aromatic nitrogens is 1. The van der Waals surface area contributed by atoms with Crippen LogP contribution < -0.4 is 20.1 Å². The molecule has 0 unspecified atom stereocenters. The van der Waals surface area contributed by atoms with Crippen LogP contribution in [-0.4, -0.2) is 24.8 Å². The quantitative estimate of drug-likeness (QED) is 0.648. The Morgan fingerprint density at radius 2 is 1.79 bits per heavy atom. The summed E-state index contributed by atoms with van der Waals surface area (Å²) >= 11 is 0. The van der Waals surface area contributed by atoms with Crippen LogP contribution in [0.15, 0.2) is 60.8 Å². The van der Waals surface area contributed by atoms with Crippen molar-refractivity contribution in [2.75, 3.05) is 19.5 Å². The minimum Gasteiger partial charge on any atom is -0.497 e. The Morgan fingerprint density at radius 3 is 2.46 bits per heavy atom. The second kappa shape index (κ2) is 8.94. The van der Waals surface area contributed by atoms with Crippen LogP contribution >= 0.6 is 0 Å². The standard InChI is InChI=1S/C21H22FN3O3/c1-27-19-10-17(11-20(12-19)28-2)24-21(26)23-13-18-7-4-8-25(18)14-15-5-3-6-16(22)9-15/h3-12H,13-14H2,1-2H3,(H2,23,24,26). The molecule has 3 aromatic rings. The summed E-state index contributed by atoms with van der Waals surface area (Å²) in [4.78, 5) is 12.3. The summed E-state index contributed by atoms with van der Waals surface area (Å²) in [6, 6.07) is 15.0. The highest BCUT2D eigenvalue weighted by Gasteiger charge is 2.08. The molecule has 0 radical (unpaired) electrons. The summed E-state index contributed by atoms with van der Waals surface area (Å²) in [7, 11) is 3.09. The van der Waals surface area contributed by atoms with E-state index in [-0.39, 0.29) is 11.8 Å². The normalized spacial score (nSPS) is 10.4. The number of carbonyl (C=O) groups is 1. The van der Waals surface area contributed by atoms with Crippen molar-refractivity contribution >= 4 is 11.7 Å². The predicted octanol–water partition coefficient (Wildman–Crippen LogP) is 4.01. The molecule has 0 bridgehead atoms. The number of rotatable bonds is 7. The minimum absolute atomic E-state index is 0.266. The molecular formula is C21H22FN3O3. The fourth-order valence-corrected chi connectivity index (χ4v) is 2.82. The molecule has 0 spiro atoms. The van der Waals surface area contributed by atoms with E-state index in [1.807, 2.05) is 29.0 Å². The smallest absolute Gasteiger partial charge is 0.319 e. The molecule has 2 N–H and O–H groups in total. The second-order valence-corrected chi connectivity index (χ2v) is 6.17. The zero-order valence-electron chi connectivity index (χ0n) is 15.7. The summed E-state index contributed by atoms with van der Waals surface area (Å²) in [5, 5.41) is 5.58. The number of benzene rings is 2. The molecule has 1 aromatic heterocycles. The van der Waals surface area contributed by atoms with Gasteiger partial charge >= 0.3 is 6.03 Å². The van der Waals surface area contributed by atoms with E-state index in [1.54, 1.807) is 38.5 Å². The average Bonchev–Trinajstić information content (AvgIpc) is 3.13. The van der Waals surface area contributed by atoms with Crippen LogP contribution in [-0.2, 0) is 13.1 Å². The van der Waals surface area contributed by atoms with Gasteiger partial charge in [0.25, 0.3) is 0 Å². The maximum atomic E-state index is 13.4. The molecule has 1 heterocycles. The van der Waals surface area contributed by atoms with Gasteiger partial charge in [0.1, 0.15) is 17.3 Å². The lowest BCUT2D eigenvalue weighted by Crippen LogP contribution is -2.29. The van der Waals surface area contributed by atoms with Gasteiger partial charge in [0.2, 0.25) is 0 Å². The largest absolute Gasteiger partial charge is 0.497 e. The zero-order chi connectivity index (χ0) is 19.9. The first-order valence-electron chi connectivity index (χ1n) is 8.74. The lowest BCUT2D eigenvalue weighted by molar-refractivity contribution is 0.251. The van der Waals surface area contributed by atoms with Gasteiger partial charge in [-0.3, -0.25) is 0 Å². The molecule has 2 amide bonds. The fraction of sp³-hybridized carbons (Fsp3) is 0.190. The van der Waals surface area contributed by atoms with Gasteiger partial charge in [0.15, 0.2) is 0 Å². The number of carbonyl (C=O) groups excluding carboxylic acids is 1. The van der Waals surface area contributed by atoms with Crippen molar-refractivity contribution < 1.29 is 18.7 Å². The van der Waals surface area contributed by atoms with Gasteiger partial charge < -0.3 is 24.7 Å². The molecule has 7 heteroatoms. The molecule has 0 aliphatic heterocycles. The van der Waals surface area contributed by atoms with Gasteiger partial charge in [0, 0.05) is 42.3 Å². The van der Waals surface area contributed by atoms with Crippen LogP contribution in [0, 0.1) is 5.82 Å². The number of ether oxygens (including phenoxy) is 2. The Balaban J connectivity index is 1.60. The lowest BCUT2D eigenvalue weighted by atomic mass is 10.2. The fourth-order valence-electron chi connectivity index (χ4n) is 2.82. The molecule has 0 atom stereocenters. The summed E-state index contributed by atoms with van der Waals surface area (Å²) in [5.41, 5.74) is 2.32. The number of amides is 2. The molecule has 0 saturated heterocycles.